The van der Waals surface area contributed by atoms with Crippen LogP contribution in [0.1, 0.15) is 18.9 Å². The molecule has 0 aromatic heterocycles. The van der Waals surface area contributed by atoms with Crippen molar-refractivity contribution in [2.45, 2.75) is 25.5 Å². The van der Waals surface area contributed by atoms with E-state index in [4.69, 9.17) is 9.84 Å². The number of methoxy groups -OCH3 is 1. The van der Waals surface area contributed by atoms with Crippen molar-refractivity contribution in [1.29, 1.82) is 0 Å². The summed E-state index contributed by atoms with van der Waals surface area (Å²) in [5.74, 6) is -1.38. The summed E-state index contributed by atoms with van der Waals surface area (Å²) >= 11 is 0. The van der Waals surface area contributed by atoms with Crippen molar-refractivity contribution < 1.29 is 24.5 Å². The van der Waals surface area contributed by atoms with E-state index in [1.807, 2.05) is 5.32 Å². The standard InChI is InChI=1S/C13H17NO5/c1-9(15)14-13(18,12(16)17)8-7-10-3-5-11(19-2)6-4-10/h3-6,18H,7-8H2,1-2H3,(H,14,15)(H,16,17). The van der Waals surface area contributed by atoms with Crippen molar-refractivity contribution in [3.05, 3.63) is 29.8 Å². The first-order chi connectivity index (χ1) is 8.87. The highest BCUT2D eigenvalue weighted by molar-refractivity contribution is 5.84. The van der Waals surface area contributed by atoms with Crippen LogP contribution in [0.3, 0.4) is 0 Å². The molecule has 0 saturated heterocycles. The van der Waals surface area contributed by atoms with E-state index in [1.54, 1.807) is 31.4 Å². The fourth-order valence-corrected chi connectivity index (χ4v) is 1.63. The van der Waals surface area contributed by atoms with Crippen LogP contribution in [0.15, 0.2) is 24.3 Å². The molecule has 0 aliphatic carbocycles. The van der Waals surface area contributed by atoms with Crippen LogP contribution in [-0.2, 0) is 16.0 Å². The van der Waals surface area contributed by atoms with E-state index in [2.05, 4.69) is 0 Å². The average molecular weight is 267 g/mol. The fraction of sp³-hybridized carbons (Fsp3) is 0.385. The Morgan fingerprint density at radius 1 is 1.32 bits per heavy atom. The van der Waals surface area contributed by atoms with E-state index >= 15 is 0 Å². The van der Waals surface area contributed by atoms with Gasteiger partial charge in [0.1, 0.15) is 5.75 Å². The smallest absolute Gasteiger partial charge is 0.357 e. The molecular formula is C13H17NO5. The van der Waals surface area contributed by atoms with Gasteiger partial charge in [0, 0.05) is 13.3 Å². The summed E-state index contributed by atoms with van der Waals surface area (Å²) in [6.45, 7) is 1.15. The Kier molecular flexibility index (Phi) is 4.88. The molecule has 6 nitrogen and oxygen atoms in total. The molecule has 1 unspecified atom stereocenters. The van der Waals surface area contributed by atoms with Crippen molar-refractivity contribution in [2.24, 2.45) is 0 Å². The molecule has 3 N–H and O–H groups in total. The zero-order chi connectivity index (χ0) is 14.5. The number of ether oxygens (including phenoxy) is 1. The number of aryl methyl sites for hydroxylation is 1. The van der Waals surface area contributed by atoms with E-state index in [0.717, 1.165) is 12.5 Å². The maximum atomic E-state index is 11.0. The molecule has 1 aromatic rings. The minimum Gasteiger partial charge on any atom is -0.497 e. The second kappa shape index (κ2) is 6.19. The summed E-state index contributed by atoms with van der Waals surface area (Å²) in [6.07, 6.45) is 0.196. The molecule has 6 heteroatoms. The lowest BCUT2D eigenvalue weighted by atomic mass is 10.0. The SMILES string of the molecule is COc1ccc(CCC(O)(NC(C)=O)C(=O)O)cc1. The lowest BCUT2D eigenvalue weighted by Gasteiger charge is -2.23. The van der Waals surface area contributed by atoms with E-state index in [1.165, 1.54) is 0 Å². The first kappa shape index (κ1) is 15.0. The second-order valence-electron chi connectivity index (χ2n) is 4.19. The van der Waals surface area contributed by atoms with Gasteiger partial charge in [-0.15, -0.1) is 0 Å². The number of hydrogen-bond donors (Lipinski definition) is 3. The number of aliphatic hydroxyl groups is 1. The number of carbonyl (C=O) groups excluding carboxylic acids is 1. The zero-order valence-electron chi connectivity index (χ0n) is 10.8. The predicted octanol–water partition coefficient (Wildman–Crippen LogP) is 0.537. The average Bonchev–Trinajstić information content (AvgIpc) is 2.36. The van der Waals surface area contributed by atoms with Crippen LogP contribution in [0, 0.1) is 0 Å². The van der Waals surface area contributed by atoms with Crippen LogP contribution in [0.5, 0.6) is 5.75 Å². The Hall–Kier alpha value is -2.08. The minimum absolute atomic E-state index is 0.117. The van der Waals surface area contributed by atoms with Crippen molar-refractivity contribution in [3.63, 3.8) is 0 Å². The zero-order valence-corrected chi connectivity index (χ0v) is 10.8. The van der Waals surface area contributed by atoms with Crippen LogP contribution < -0.4 is 10.1 Å². The van der Waals surface area contributed by atoms with Gasteiger partial charge in [0.2, 0.25) is 11.6 Å². The van der Waals surface area contributed by atoms with Crippen molar-refractivity contribution in [1.82, 2.24) is 5.32 Å². The van der Waals surface area contributed by atoms with Gasteiger partial charge in [0.05, 0.1) is 7.11 Å². The number of nitrogens with one attached hydrogen (secondary N) is 1. The molecule has 0 radical (unpaired) electrons. The summed E-state index contributed by atoms with van der Waals surface area (Å²) < 4.78 is 5.00. The molecule has 0 heterocycles. The Balaban J connectivity index is 2.70. The molecule has 1 aromatic carbocycles. The van der Waals surface area contributed by atoms with E-state index in [-0.39, 0.29) is 6.42 Å². The number of rotatable bonds is 6. The highest BCUT2D eigenvalue weighted by Gasteiger charge is 2.36. The highest BCUT2D eigenvalue weighted by Crippen LogP contribution is 2.16. The molecule has 19 heavy (non-hydrogen) atoms. The Morgan fingerprint density at radius 3 is 2.32 bits per heavy atom. The van der Waals surface area contributed by atoms with E-state index in [0.29, 0.717) is 12.2 Å². The fourth-order valence-electron chi connectivity index (χ4n) is 1.63. The number of aliphatic carboxylic acids is 1. The van der Waals surface area contributed by atoms with Crippen LogP contribution >= 0.6 is 0 Å². The number of amides is 1. The minimum atomic E-state index is -2.24. The summed E-state index contributed by atoms with van der Waals surface area (Å²) in [4.78, 5) is 21.9. The van der Waals surface area contributed by atoms with Gasteiger partial charge in [-0.05, 0) is 24.1 Å². The third kappa shape index (κ3) is 4.26. The van der Waals surface area contributed by atoms with E-state index < -0.39 is 17.6 Å². The molecule has 0 aliphatic heterocycles. The maximum Gasteiger partial charge on any atom is 0.357 e. The number of carboxylic acids is 1. The summed E-state index contributed by atoms with van der Waals surface area (Å²) in [5, 5.41) is 20.9. The monoisotopic (exact) mass is 267 g/mol. The second-order valence-corrected chi connectivity index (χ2v) is 4.19. The van der Waals surface area contributed by atoms with Crippen molar-refractivity contribution in [3.8, 4) is 5.75 Å². The van der Waals surface area contributed by atoms with Crippen LogP contribution in [0.4, 0.5) is 0 Å². The predicted molar refractivity (Wildman–Crippen MR) is 67.7 cm³/mol. The number of carbonyl (C=O) groups is 2. The summed E-state index contributed by atoms with van der Waals surface area (Å²) in [6, 6.07) is 7.03. The van der Waals surface area contributed by atoms with Crippen molar-refractivity contribution >= 4 is 11.9 Å². The van der Waals surface area contributed by atoms with Crippen molar-refractivity contribution in [2.75, 3.05) is 7.11 Å². The molecule has 104 valence electrons. The first-order valence-corrected chi connectivity index (χ1v) is 5.75. The number of hydrogen-bond acceptors (Lipinski definition) is 4. The third-order valence-electron chi connectivity index (χ3n) is 2.67. The normalized spacial score (nSPS) is 13.4. The largest absolute Gasteiger partial charge is 0.497 e. The van der Waals surface area contributed by atoms with Crippen LogP contribution in [-0.4, -0.2) is 34.9 Å². The van der Waals surface area contributed by atoms with Gasteiger partial charge in [-0.1, -0.05) is 12.1 Å². The van der Waals surface area contributed by atoms with Gasteiger partial charge >= 0.3 is 5.97 Å². The molecule has 0 spiro atoms. The maximum absolute atomic E-state index is 11.0. The quantitative estimate of drug-likeness (QED) is 0.654. The summed E-state index contributed by atoms with van der Waals surface area (Å²) in [5.41, 5.74) is -1.41. The first-order valence-electron chi connectivity index (χ1n) is 5.75. The molecule has 1 amide bonds. The number of benzene rings is 1. The van der Waals surface area contributed by atoms with Gasteiger partial charge in [-0.3, -0.25) is 4.79 Å². The highest BCUT2D eigenvalue weighted by atomic mass is 16.5. The van der Waals surface area contributed by atoms with Gasteiger partial charge < -0.3 is 20.3 Å². The molecule has 1 atom stereocenters. The molecule has 0 aliphatic rings. The van der Waals surface area contributed by atoms with Gasteiger partial charge in [-0.2, -0.15) is 0 Å². The van der Waals surface area contributed by atoms with E-state index in [9.17, 15) is 14.7 Å². The molecule has 1 rings (SSSR count). The topological polar surface area (TPSA) is 95.9 Å². The Bertz CT molecular complexity index is 457. The molecular weight excluding hydrogens is 250 g/mol. The lowest BCUT2D eigenvalue weighted by molar-refractivity contribution is -0.166. The molecule has 0 fully saturated rings. The summed E-state index contributed by atoms with van der Waals surface area (Å²) in [7, 11) is 1.55. The molecule has 0 saturated carbocycles. The third-order valence-corrected chi connectivity index (χ3v) is 2.67. The Labute approximate surface area is 111 Å². The van der Waals surface area contributed by atoms with Crippen LogP contribution in [0.25, 0.3) is 0 Å². The van der Waals surface area contributed by atoms with Crippen LogP contribution in [0.2, 0.25) is 0 Å². The lowest BCUT2D eigenvalue weighted by Crippen LogP contribution is -2.54. The van der Waals surface area contributed by atoms with Gasteiger partial charge in [-0.25, -0.2) is 4.79 Å². The van der Waals surface area contributed by atoms with Gasteiger partial charge in [0.15, 0.2) is 0 Å². The molecule has 0 bridgehead atoms. The van der Waals surface area contributed by atoms with Gasteiger partial charge in [0.25, 0.3) is 0 Å². The Morgan fingerprint density at radius 2 is 1.89 bits per heavy atom. The number of carboxylic acid groups (broad SMARTS) is 1.